The molecule has 9 heteroatoms. The molecule has 0 bridgehead atoms. The number of rotatable bonds is 3. The smallest absolute Gasteiger partial charge is 0.276 e. The largest absolute Gasteiger partial charge is 0.503 e. The zero-order chi connectivity index (χ0) is 23.7. The summed E-state index contributed by atoms with van der Waals surface area (Å²) in [5, 5.41) is 14.2. The molecule has 0 aliphatic carbocycles. The SMILES string of the molecule is CC.C[C@@H]1CCOC2Cn3cc(C(=O)NCc4cc5ccccc5[nH]4)c(=O)c(O)c3C(=O)N21. The first-order chi connectivity index (χ1) is 15.9. The first kappa shape index (κ1) is 22.6. The molecule has 9 nitrogen and oxygen atoms in total. The summed E-state index contributed by atoms with van der Waals surface area (Å²) in [6.07, 6.45) is 1.52. The number of aromatic hydroxyl groups is 1. The molecule has 0 radical (unpaired) electrons. The number of H-pyrrole nitrogens is 1. The summed E-state index contributed by atoms with van der Waals surface area (Å²) in [7, 11) is 0. The Balaban J connectivity index is 0.00000126. The van der Waals surface area contributed by atoms with Crippen LogP contribution in [0.25, 0.3) is 10.9 Å². The summed E-state index contributed by atoms with van der Waals surface area (Å²) in [6, 6.07) is 9.59. The van der Waals surface area contributed by atoms with Crippen LogP contribution in [0.4, 0.5) is 0 Å². The molecular formula is C24H28N4O5. The van der Waals surface area contributed by atoms with Gasteiger partial charge in [-0.15, -0.1) is 0 Å². The van der Waals surface area contributed by atoms with Crippen molar-refractivity contribution in [3.8, 4) is 5.75 Å². The van der Waals surface area contributed by atoms with Gasteiger partial charge in [-0.1, -0.05) is 32.0 Å². The third kappa shape index (κ3) is 4.00. The quantitative estimate of drug-likeness (QED) is 0.565. The molecule has 4 heterocycles. The third-order valence-corrected chi connectivity index (χ3v) is 5.95. The van der Waals surface area contributed by atoms with Gasteiger partial charge in [0, 0.05) is 23.4 Å². The Kier molecular flexibility index (Phi) is 6.24. The lowest BCUT2D eigenvalue weighted by atomic mass is 10.1. The van der Waals surface area contributed by atoms with Gasteiger partial charge in [0.05, 0.1) is 19.7 Å². The predicted octanol–water partition coefficient (Wildman–Crippen LogP) is 2.58. The summed E-state index contributed by atoms with van der Waals surface area (Å²) in [5.74, 6) is -1.80. The highest BCUT2D eigenvalue weighted by molar-refractivity contribution is 5.99. The highest BCUT2D eigenvalue weighted by Crippen LogP contribution is 2.29. The molecule has 1 unspecified atom stereocenters. The Labute approximate surface area is 191 Å². The number of aromatic nitrogens is 2. The monoisotopic (exact) mass is 452 g/mol. The number of ether oxygens (including phenoxy) is 1. The van der Waals surface area contributed by atoms with Gasteiger partial charge in [0.15, 0.2) is 17.7 Å². The maximum Gasteiger partial charge on any atom is 0.276 e. The Morgan fingerprint density at radius 1 is 1.27 bits per heavy atom. The summed E-state index contributed by atoms with van der Waals surface area (Å²) in [5.41, 5.74) is 0.543. The fourth-order valence-corrected chi connectivity index (χ4v) is 4.32. The van der Waals surface area contributed by atoms with Crippen LogP contribution in [0.2, 0.25) is 0 Å². The third-order valence-electron chi connectivity index (χ3n) is 5.95. The van der Waals surface area contributed by atoms with E-state index in [-0.39, 0.29) is 30.4 Å². The highest BCUT2D eigenvalue weighted by Gasteiger charge is 2.41. The number of hydrogen-bond acceptors (Lipinski definition) is 5. The Morgan fingerprint density at radius 3 is 2.79 bits per heavy atom. The van der Waals surface area contributed by atoms with E-state index < -0.39 is 29.2 Å². The molecule has 33 heavy (non-hydrogen) atoms. The lowest BCUT2D eigenvalue weighted by molar-refractivity contribution is -0.112. The number of carbonyl (C=O) groups excluding carboxylic acids is 2. The minimum Gasteiger partial charge on any atom is -0.503 e. The van der Waals surface area contributed by atoms with Gasteiger partial charge in [0.1, 0.15) is 5.56 Å². The van der Waals surface area contributed by atoms with E-state index in [1.165, 1.54) is 10.8 Å². The van der Waals surface area contributed by atoms with Crippen LogP contribution in [0, 0.1) is 0 Å². The molecule has 2 amide bonds. The van der Waals surface area contributed by atoms with E-state index >= 15 is 0 Å². The minimum absolute atomic E-state index is 0.0613. The van der Waals surface area contributed by atoms with E-state index in [0.717, 1.165) is 16.6 Å². The van der Waals surface area contributed by atoms with E-state index in [1.807, 2.05) is 51.1 Å². The van der Waals surface area contributed by atoms with Gasteiger partial charge in [-0.3, -0.25) is 14.4 Å². The zero-order valence-electron chi connectivity index (χ0n) is 18.9. The van der Waals surface area contributed by atoms with Crippen molar-refractivity contribution in [3.63, 3.8) is 0 Å². The maximum absolute atomic E-state index is 12.9. The van der Waals surface area contributed by atoms with E-state index in [9.17, 15) is 19.5 Å². The molecule has 2 atom stereocenters. The van der Waals surface area contributed by atoms with Crippen LogP contribution in [-0.4, -0.2) is 50.2 Å². The second-order valence-corrected chi connectivity index (χ2v) is 7.96. The molecule has 1 aromatic carbocycles. The standard InChI is InChI=1S/C22H22N4O5.C2H6/c1-12-6-7-31-17-11-25-10-15(19(27)20(28)18(25)22(30)26(12)17)21(29)23-9-14-8-13-4-2-3-5-16(13)24-14;1-2/h2-5,8,10,12,17,24,28H,6-7,9,11H2,1H3,(H,23,29);1-2H3/t12-,17?;/m1./s1. The molecule has 1 fully saturated rings. The van der Waals surface area contributed by atoms with Gasteiger partial charge in [-0.2, -0.15) is 0 Å². The average Bonchev–Trinajstić information content (AvgIpc) is 3.24. The fraction of sp³-hybridized carbons (Fsp3) is 0.375. The van der Waals surface area contributed by atoms with Gasteiger partial charge in [0.25, 0.3) is 11.8 Å². The molecule has 0 saturated carbocycles. The summed E-state index contributed by atoms with van der Waals surface area (Å²) in [6.45, 7) is 6.85. The van der Waals surface area contributed by atoms with Crippen LogP contribution >= 0.6 is 0 Å². The van der Waals surface area contributed by atoms with Crippen LogP contribution in [0.1, 0.15) is 53.7 Å². The number of nitrogens with zero attached hydrogens (tertiary/aromatic N) is 2. The van der Waals surface area contributed by atoms with Gasteiger partial charge < -0.3 is 29.6 Å². The lowest BCUT2D eigenvalue weighted by Crippen LogP contribution is -2.57. The number of amides is 2. The Hall–Kier alpha value is -3.59. The number of benzene rings is 1. The molecule has 2 aromatic heterocycles. The summed E-state index contributed by atoms with van der Waals surface area (Å²) < 4.78 is 7.14. The van der Waals surface area contributed by atoms with Gasteiger partial charge in [-0.05, 0) is 30.9 Å². The van der Waals surface area contributed by atoms with E-state index in [0.29, 0.717) is 13.0 Å². The molecule has 174 valence electrons. The summed E-state index contributed by atoms with van der Waals surface area (Å²) >= 11 is 0. The normalized spacial score (nSPS) is 19.4. The number of aromatic amines is 1. The average molecular weight is 453 g/mol. The molecule has 2 aliphatic rings. The molecule has 1 saturated heterocycles. The van der Waals surface area contributed by atoms with Gasteiger partial charge >= 0.3 is 0 Å². The van der Waals surface area contributed by atoms with Gasteiger partial charge in [-0.25, -0.2) is 0 Å². The minimum atomic E-state index is -0.863. The van der Waals surface area contributed by atoms with Crippen LogP contribution in [0.5, 0.6) is 5.75 Å². The molecule has 2 aliphatic heterocycles. The lowest BCUT2D eigenvalue weighted by Gasteiger charge is -2.44. The van der Waals surface area contributed by atoms with Crippen LogP contribution in [0.15, 0.2) is 41.3 Å². The number of carbonyl (C=O) groups is 2. The van der Waals surface area contributed by atoms with Crippen molar-refractivity contribution in [2.45, 2.75) is 52.6 Å². The van der Waals surface area contributed by atoms with Crippen molar-refractivity contribution in [3.05, 3.63) is 63.7 Å². The first-order valence-electron chi connectivity index (χ1n) is 11.2. The second kappa shape index (κ2) is 9.11. The van der Waals surface area contributed by atoms with E-state index in [1.54, 1.807) is 4.90 Å². The number of nitrogens with one attached hydrogen (secondary N) is 2. The summed E-state index contributed by atoms with van der Waals surface area (Å²) in [4.78, 5) is 43.1. The second-order valence-electron chi connectivity index (χ2n) is 7.96. The first-order valence-corrected chi connectivity index (χ1v) is 11.2. The highest BCUT2D eigenvalue weighted by atomic mass is 16.5. The zero-order valence-corrected chi connectivity index (χ0v) is 18.9. The Bertz CT molecular complexity index is 1230. The van der Waals surface area contributed by atoms with Crippen LogP contribution in [-0.2, 0) is 17.8 Å². The number of fused-ring (bicyclic) bond motifs is 3. The van der Waals surface area contributed by atoms with Crippen molar-refractivity contribution in [1.82, 2.24) is 19.8 Å². The van der Waals surface area contributed by atoms with Crippen molar-refractivity contribution in [2.24, 2.45) is 0 Å². The van der Waals surface area contributed by atoms with E-state index in [2.05, 4.69) is 10.3 Å². The molecule has 0 spiro atoms. The number of pyridine rings is 1. The van der Waals surface area contributed by atoms with Crippen LogP contribution < -0.4 is 10.7 Å². The van der Waals surface area contributed by atoms with Crippen molar-refractivity contribution < 1.29 is 19.4 Å². The van der Waals surface area contributed by atoms with Crippen LogP contribution in [0.3, 0.4) is 0 Å². The molecule has 3 aromatic rings. The fourth-order valence-electron chi connectivity index (χ4n) is 4.32. The number of para-hydroxylation sites is 1. The van der Waals surface area contributed by atoms with Crippen molar-refractivity contribution >= 4 is 22.7 Å². The molecular weight excluding hydrogens is 424 g/mol. The molecule has 5 rings (SSSR count). The maximum atomic E-state index is 12.9. The topological polar surface area (TPSA) is 117 Å². The Morgan fingerprint density at radius 2 is 2.03 bits per heavy atom. The molecule has 3 N–H and O–H groups in total. The predicted molar refractivity (Wildman–Crippen MR) is 123 cm³/mol. The number of hydrogen-bond donors (Lipinski definition) is 3. The van der Waals surface area contributed by atoms with E-state index in [4.69, 9.17) is 4.74 Å². The van der Waals surface area contributed by atoms with Crippen molar-refractivity contribution in [1.29, 1.82) is 0 Å². The van der Waals surface area contributed by atoms with Gasteiger partial charge in [0.2, 0.25) is 5.43 Å². The van der Waals surface area contributed by atoms with Crippen molar-refractivity contribution in [2.75, 3.05) is 6.61 Å².